The number of ether oxygens (including phenoxy) is 2. The van der Waals surface area contributed by atoms with Crippen LogP contribution in [0.4, 0.5) is 17.5 Å². The quantitative estimate of drug-likeness (QED) is 0.150. The molecule has 0 unspecified atom stereocenters. The summed E-state index contributed by atoms with van der Waals surface area (Å²) in [7, 11) is 3.41. The highest BCUT2D eigenvalue weighted by molar-refractivity contribution is 5.95. The van der Waals surface area contributed by atoms with Gasteiger partial charge >= 0.3 is 0 Å². The van der Waals surface area contributed by atoms with Gasteiger partial charge in [-0.15, -0.1) is 15.3 Å². The number of aromatic nitrogens is 15. The average molecular weight is 1160 g/mol. The van der Waals surface area contributed by atoms with Crippen LogP contribution in [0.1, 0.15) is 31.2 Å². The number of nitrogen functional groups attached to an aromatic ring is 3. The van der Waals surface area contributed by atoms with Crippen LogP contribution >= 0.6 is 0 Å². The van der Waals surface area contributed by atoms with Gasteiger partial charge < -0.3 is 41.4 Å². The zero-order valence-electron chi connectivity index (χ0n) is 47.1. The smallest absolute Gasteiger partial charge is 0.272 e. The first-order chi connectivity index (χ1) is 42.4. The van der Waals surface area contributed by atoms with Crippen LogP contribution in [0.2, 0.25) is 0 Å². The molecule has 0 atom stereocenters. The van der Waals surface area contributed by atoms with Gasteiger partial charge in [0, 0.05) is 125 Å². The van der Waals surface area contributed by atoms with Gasteiger partial charge in [0.05, 0.1) is 88.4 Å². The molecule has 6 N–H and O–H groups in total. The van der Waals surface area contributed by atoms with E-state index in [1.807, 2.05) is 79.0 Å². The Labute approximate surface area is 496 Å². The summed E-state index contributed by atoms with van der Waals surface area (Å²) >= 11 is 0. The predicted molar refractivity (Wildman–Crippen MR) is 323 cm³/mol. The maximum Gasteiger partial charge on any atom is 0.272 e. The van der Waals surface area contributed by atoms with Crippen molar-refractivity contribution in [3.05, 3.63) is 182 Å². The van der Waals surface area contributed by atoms with Crippen LogP contribution in [-0.4, -0.2) is 173 Å². The van der Waals surface area contributed by atoms with E-state index in [1.54, 1.807) is 124 Å². The number of fused-ring (bicyclic) bond motifs is 3. The monoisotopic (exact) mass is 1160 g/mol. The molecule has 12 aromatic heterocycles. The summed E-state index contributed by atoms with van der Waals surface area (Å²) < 4.78 is 15.5. The van der Waals surface area contributed by atoms with E-state index in [0.29, 0.717) is 149 Å². The second kappa shape index (κ2) is 24.8. The van der Waals surface area contributed by atoms with Crippen LogP contribution in [-0.2, 0) is 9.47 Å². The first-order valence-corrected chi connectivity index (χ1v) is 27.5. The number of nitrogens with two attached hydrogens (primary N) is 3. The number of amides is 3. The second-order valence-electron chi connectivity index (χ2n) is 20.0. The zero-order valence-corrected chi connectivity index (χ0v) is 47.1. The Bertz CT molecular complexity index is 4440. The Kier molecular flexibility index (Phi) is 15.9. The first kappa shape index (κ1) is 56.0. The van der Waals surface area contributed by atoms with Crippen LogP contribution in [0.3, 0.4) is 0 Å². The molecule has 3 amide bonds. The summed E-state index contributed by atoms with van der Waals surface area (Å²) in [6.45, 7) is 4.56. The van der Waals surface area contributed by atoms with Gasteiger partial charge in [-0.25, -0.2) is 33.5 Å². The van der Waals surface area contributed by atoms with Crippen molar-refractivity contribution in [2.45, 2.75) is 0 Å². The standard InChI is InChI=1S/2C21H19N7O2.C19H17N7O/c22-19-18(16-4-1-2-7-23-16)20-24-12-14(13-28(20)26-19)15-5-3-6-17(25-15)21(29)27-8-10-30-11-9-27;22-19-18(17-3-1-2-6-23-17)20-25-12-15(13-28(20)26-19)16-5-4-14(11-24-16)21(29)27-7-9-30-10-8-27;1-25(2)19(27)12-6-7-14(22-9-12)13-10-23-18-16(15-5-3-4-8-21-15)17(20)24-26(18)11-13/h1-7,12-13H,8-11H2,(H2,22,26);1-6,11-13H,7-10H2,(H2,22,26);3-11H,1-2H3,(H2,20,24). The SMILES string of the molecule is CN(C)C(=O)c1ccc(-c2cnc3c(-c4ccccn4)c(N)nn3c2)nc1.Nc1nn2cc(-c3ccc(C(=O)N4CCOCC4)cn3)cnc2c1-c1ccccn1.Nc1nn2cc(-c3cccc(C(=O)N4CCOCC4)n3)cnc2c1-c1ccccn1. The van der Waals surface area contributed by atoms with Crippen molar-refractivity contribution in [1.82, 2.24) is 88.4 Å². The number of morpholine rings is 2. The maximum atomic E-state index is 12.8. The van der Waals surface area contributed by atoms with Gasteiger partial charge in [0.25, 0.3) is 17.7 Å². The Hall–Kier alpha value is -11.5. The molecule has 2 fully saturated rings. The lowest BCUT2D eigenvalue weighted by atomic mass is 10.1. The van der Waals surface area contributed by atoms with Crippen molar-refractivity contribution in [1.29, 1.82) is 0 Å². The van der Waals surface area contributed by atoms with Crippen molar-refractivity contribution in [2.75, 3.05) is 83.9 Å². The summed E-state index contributed by atoms with van der Waals surface area (Å²) in [6.07, 6.45) is 18.8. The van der Waals surface area contributed by atoms with Crippen molar-refractivity contribution in [2.24, 2.45) is 0 Å². The number of carbonyl (C=O) groups is 3. The largest absolute Gasteiger partial charge is 0.382 e. The molecular weight excluding hydrogens is 1110 g/mol. The van der Waals surface area contributed by atoms with Gasteiger partial charge in [-0.2, -0.15) is 0 Å². The molecule has 2 aliphatic heterocycles. The minimum Gasteiger partial charge on any atom is -0.382 e. The third-order valence-corrected chi connectivity index (χ3v) is 14.1. The van der Waals surface area contributed by atoms with E-state index >= 15 is 0 Å². The molecule has 2 saturated heterocycles. The van der Waals surface area contributed by atoms with Gasteiger partial charge in [0.1, 0.15) is 5.69 Å². The molecule has 12 aromatic rings. The van der Waals surface area contributed by atoms with Crippen LogP contribution < -0.4 is 17.2 Å². The van der Waals surface area contributed by atoms with Gasteiger partial charge in [-0.05, 0) is 72.8 Å². The van der Waals surface area contributed by atoms with Crippen LogP contribution in [0.25, 0.3) is 84.5 Å². The minimum absolute atomic E-state index is 0.0363. The first-order valence-electron chi connectivity index (χ1n) is 27.5. The van der Waals surface area contributed by atoms with Crippen molar-refractivity contribution >= 4 is 52.1 Å². The van der Waals surface area contributed by atoms with E-state index in [1.165, 1.54) is 4.90 Å². The fraction of sp³-hybridized carbons (Fsp3) is 0.164. The molecule has 14 rings (SSSR count). The molecule has 0 aliphatic carbocycles. The van der Waals surface area contributed by atoms with Crippen LogP contribution in [0, 0.1) is 0 Å². The Balaban J connectivity index is 0.000000128. The van der Waals surface area contributed by atoms with Gasteiger partial charge in [0.15, 0.2) is 34.4 Å². The third-order valence-electron chi connectivity index (χ3n) is 14.1. The number of carbonyl (C=O) groups excluding carboxylic acids is 3. The lowest BCUT2D eigenvalue weighted by Crippen LogP contribution is -2.41. The summed E-state index contributed by atoms with van der Waals surface area (Å²) in [5.74, 6) is 0.835. The molecule has 0 saturated carbocycles. The van der Waals surface area contributed by atoms with Crippen LogP contribution in [0.5, 0.6) is 0 Å². The Morgan fingerprint density at radius 3 is 1.22 bits per heavy atom. The summed E-state index contributed by atoms with van der Waals surface area (Å²) in [5, 5.41) is 13.1. The molecule has 0 aromatic carbocycles. The summed E-state index contributed by atoms with van der Waals surface area (Å²) in [4.78, 5) is 82.4. The fourth-order valence-electron chi connectivity index (χ4n) is 9.75. The van der Waals surface area contributed by atoms with E-state index < -0.39 is 0 Å². The molecule has 0 radical (unpaired) electrons. The molecule has 14 heterocycles. The van der Waals surface area contributed by atoms with Gasteiger partial charge in [-0.3, -0.25) is 39.3 Å². The zero-order chi connectivity index (χ0) is 60.0. The van der Waals surface area contributed by atoms with Gasteiger partial charge in [0.2, 0.25) is 0 Å². The molecule has 87 heavy (non-hydrogen) atoms. The molecule has 0 spiro atoms. The molecule has 26 heteroatoms. The molecule has 0 bridgehead atoms. The normalized spacial score (nSPS) is 13.2. The summed E-state index contributed by atoms with van der Waals surface area (Å²) in [6, 6.07) is 29.3. The second-order valence-corrected chi connectivity index (χ2v) is 20.0. The fourth-order valence-corrected chi connectivity index (χ4v) is 9.75. The lowest BCUT2D eigenvalue weighted by molar-refractivity contribution is 0.0298. The molecule has 26 nitrogen and oxygen atoms in total. The van der Waals surface area contributed by atoms with Crippen molar-refractivity contribution in [3.63, 3.8) is 0 Å². The number of rotatable bonds is 9. The maximum absolute atomic E-state index is 12.8. The summed E-state index contributed by atoms with van der Waals surface area (Å²) in [5.41, 5.74) is 30.2. The van der Waals surface area contributed by atoms with E-state index in [4.69, 9.17) is 26.7 Å². The number of hydrogen-bond donors (Lipinski definition) is 3. The Morgan fingerprint density at radius 2 is 0.828 bits per heavy atom. The Morgan fingerprint density at radius 1 is 0.425 bits per heavy atom. The highest BCUT2D eigenvalue weighted by Crippen LogP contribution is 2.32. The lowest BCUT2D eigenvalue weighted by Gasteiger charge is -2.26. The van der Waals surface area contributed by atoms with E-state index in [9.17, 15) is 14.4 Å². The van der Waals surface area contributed by atoms with Crippen molar-refractivity contribution in [3.8, 4) is 67.5 Å². The highest BCUT2D eigenvalue weighted by atomic mass is 16.5. The number of nitrogens with zero attached hydrogens (tertiary/aromatic N) is 18. The molecular formula is C61H55N21O5. The van der Waals surface area contributed by atoms with Crippen LogP contribution in [0.15, 0.2) is 165 Å². The van der Waals surface area contributed by atoms with Gasteiger partial charge in [-0.1, -0.05) is 24.3 Å². The predicted octanol–water partition coefficient (Wildman–Crippen LogP) is 5.95. The van der Waals surface area contributed by atoms with E-state index in [-0.39, 0.29) is 17.7 Å². The van der Waals surface area contributed by atoms with E-state index in [2.05, 4.69) is 60.2 Å². The topological polar surface area (TPSA) is 325 Å². The number of hydrogen-bond acceptors (Lipinski definition) is 20. The molecule has 2 aliphatic rings. The van der Waals surface area contributed by atoms with E-state index in [0.717, 1.165) is 22.4 Å². The average Bonchev–Trinajstić information content (AvgIpc) is 2.12. The van der Waals surface area contributed by atoms with Crippen molar-refractivity contribution < 1.29 is 23.9 Å². The third kappa shape index (κ3) is 11.9. The minimum atomic E-state index is -0.102. The number of anilines is 3. The molecule has 434 valence electrons. The highest BCUT2D eigenvalue weighted by Gasteiger charge is 2.23. The number of pyridine rings is 6.